The molecule has 24 heavy (non-hydrogen) atoms. The van der Waals surface area contributed by atoms with Gasteiger partial charge in [0.25, 0.3) is 0 Å². The standard InChI is InChI=1S/C17H31N5O2/c1-14(15(2)22-7-5-6-20-22)18-12-16(23)19-13-17(3,4)21-8-10-24-11-9-21/h5-7,14-15,18H,8-13H2,1-4H3,(H,19,23)/t14-,15-/m0/s1. The van der Waals surface area contributed by atoms with Gasteiger partial charge in [-0.1, -0.05) is 0 Å². The molecule has 1 aromatic heterocycles. The van der Waals surface area contributed by atoms with Gasteiger partial charge in [0.15, 0.2) is 0 Å². The summed E-state index contributed by atoms with van der Waals surface area (Å²) in [6, 6.07) is 2.25. The predicted molar refractivity (Wildman–Crippen MR) is 93.9 cm³/mol. The van der Waals surface area contributed by atoms with E-state index in [0.717, 1.165) is 26.3 Å². The van der Waals surface area contributed by atoms with Crippen molar-refractivity contribution in [3.05, 3.63) is 18.5 Å². The zero-order valence-electron chi connectivity index (χ0n) is 15.3. The molecule has 1 aromatic rings. The summed E-state index contributed by atoms with van der Waals surface area (Å²) >= 11 is 0. The summed E-state index contributed by atoms with van der Waals surface area (Å²) < 4.78 is 7.29. The average Bonchev–Trinajstić information content (AvgIpc) is 3.12. The summed E-state index contributed by atoms with van der Waals surface area (Å²) in [6.07, 6.45) is 3.71. The molecule has 136 valence electrons. The first-order valence-electron chi connectivity index (χ1n) is 8.72. The van der Waals surface area contributed by atoms with Crippen LogP contribution < -0.4 is 10.6 Å². The van der Waals surface area contributed by atoms with Crippen LogP contribution in [0.4, 0.5) is 0 Å². The number of rotatable bonds is 8. The van der Waals surface area contributed by atoms with E-state index in [4.69, 9.17) is 4.74 Å². The second-order valence-corrected chi connectivity index (χ2v) is 7.08. The van der Waals surface area contributed by atoms with Gasteiger partial charge in [-0.15, -0.1) is 0 Å². The third kappa shape index (κ3) is 5.29. The summed E-state index contributed by atoms with van der Waals surface area (Å²) in [5.41, 5.74) is -0.0621. The van der Waals surface area contributed by atoms with E-state index in [1.165, 1.54) is 0 Å². The molecule has 2 N–H and O–H groups in total. The lowest BCUT2D eigenvalue weighted by atomic mass is 10.0. The van der Waals surface area contributed by atoms with Gasteiger partial charge in [-0.25, -0.2) is 0 Å². The van der Waals surface area contributed by atoms with Crippen molar-refractivity contribution < 1.29 is 9.53 Å². The Morgan fingerprint density at radius 3 is 2.67 bits per heavy atom. The zero-order valence-corrected chi connectivity index (χ0v) is 15.3. The summed E-state index contributed by atoms with van der Waals surface area (Å²) in [5, 5.41) is 10.6. The molecule has 1 amide bonds. The van der Waals surface area contributed by atoms with Crippen molar-refractivity contribution in [1.82, 2.24) is 25.3 Å². The lowest BCUT2D eigenvalue weighted by Gasteiger charge is -2.40. The van der Waals surface area contributed by atoms with Crippen LogP contribution in [-0.4, -0.2) is 71.6 Å². The van der Waals surface area contributed by atoms with Crippen molar-refractivity contribution >= 4 is 5.91 Å². The fourth-order valence-corrected chi connectivity index (χ4v) is 2.83. The topological polar surface area (TPSA) is 71.4 Å². The first kappa shape index (κ1) is 18.9. The van der Waals surface area contributed by atoms with Crippen LogP contribution in [0, 0.1) is 0 Å². The number of nitrogens with one attached hydrogen (secondary N) is 2. The van der Waals surface area contributed by atoms with Crippen LogP contribution >= 0.6 is 0 Å². The van der Waals surface area contributed by atoms with Gasteiger partial charge >= 0.3 is 0 Å². The van der Waals surface area contributed by atoms with E-state index in [1.54, 1.807) is 6.20 Å². The van der Waals surface area contributed by atoms with E-state index in [2.05, 4.69) is 48.3 Å². The number of nitrogens with zero attached hydrogens (tertiary/aromatic N) is 3. The zero-order chi connectivity index (χ0) is 17.6. The maximum atomic E-state index is 12.1. The molecule has 7 heteroatoms. The predicted octanol–water partition coefficient (Wildman–Crippen LogP) is 0.649. The van der Waals surface area contributed by atoms with Gasteiger partial charge in [-0.2, -0.15) is 5.10 Å². The van der Waals surface area contributed by atoms with Crippen LogP contribution in [0.5, 0.6) is 0 Å². The van der Waals surface area contributed by atoms with E-state index in [9.17, 15) is 4.79 Å². The summed E-state index contributed by atoms with van der Waals surface area (Å²) in [4.78, 5) is 14.5. The Morgan fingerprint density at radius 1 is 1.33 bits per heavy atom. The quantitative estimate of drug-likeness (QED) is 0.729. The molecular weight excluding hydrogens is 306 g/mol. The van der Waals surface area contributed by atoms with Gasteiger partial charge in [0.05, 0.1) is 25.8 Å². The number of carbonyl (C=O) groups excluding carboxylic acids is 1. The molecule has 1 aliphatic heterocycles. The Kier molecular flexibility index (Phi) is 6.77. The van der Waals surface area contributed by atoms with Crippen molar-refractivity contribution in [3.8, 4) is 0 Å². The van der Waals surface area contributed by atoms with Gasteiger partial charge in [0.1, 0.15) is 0 Å². The molecule has 2 rings (SSSR count). The SMILES string of the molecule is C[C@H](NCC(=O)NCC(C)(C)N1CCOCC1)[C@H](C)n1cccn1. The number of amides is 1. The molecule has 0 bridgehead atoms. The molecule has 0 radical (unpaired) electrons. The maximum Gasteiger partial charge on any atom is 0.234 e. The molecule has 1 fully saturated rings. The highest BCUT2D eigenvalue weighted by Gasteiger charge is 2.28. The fourth-order valence-electron chi connectivity index (χ4n) is 2.83. The van der Waals surface area contributed by atoms with Crippen molar-refractivity contribution in [3.63, 3.8) is 0 Å². The van der Waals surface area contributed by atoms with E-state index in [1.807, 2.05) is 16.9 Å². The van der Waals surface area contributed by atoms with Crippen LogP contribution in [0.15, 0.2) is 18.5 Å². The van der Waals surface area contributed by atoms with Crippen molar-refractivity contribution in [1.29, 1.82) is 0 Å². The Morgan fingerprint density at radius 2 is 2.04 bits per heavy atom. The van der Waals surface area contributed by atoms with Gasteiger partial charge < -0.3 is 15.4 Å². The molecule has 2 heterocycles. The lowest BCUT2D eigenvalue weighted by molar-refractivity contribution is -0.121. The molecule has 0 aromatic carbocycles. The number of hydrogen-bond donors (Lipinski definition) is 2. The second-order valence-electron chi connectivity index (χ2n) is 7.08. The van der Waals surface area contributed by atoms with E-state index >= 15 is 0 Å². The smallest absolute Gasteiger partial charge is 0.234 e. The molecule has 1 saturated heterocycles. The molecule has 0 spiro atoms. The van der Waals surface area contributed by atoms with E-state index in [-0.39, 0.29) is 23.5 Å². The number of hydrogen-bond acceptors (Lipinski definition) is 5. The minimum atomic E-state index is -0.0621. The normalized spacial score (nSPS) is 19.0. The fraction of sp³-hybridized carbons (Fsp3) is 0.765. The van der Waals surface area contributed by atoms with E-state index < -0.39 is 0 Å². The average molecular weight is 337 g/mol. The van der Waals surface area contributed by atoms with Gasteiger partial charge in [0.2, 0.25) is 5.91 Å². The Bertz CT molecular complexity index is 497. The molecule has 7 nitrogen and oxygen atoms in total. The van der Waals surface area contributed by atoms with Crippen LogP contribution in [0.1, 0.15) is 33.7 Å². The van der Waals surface area contributed by atoms with Gasteiger partial charge in [0, 0.05) is 43.6 Å². The minimum Gasteiger partial charge on any atom is -0.379 e. The largest absolute Gasteiger partial charge is 0.379 e. The number of ether oxygens (including phenoxy) is 1. The first-order chi connectivity index (χ1) is 11.4. The molecule has 0 unspecified atom stereocenters. The van der Waals surface area contributed by atoms with Gasteiger partial charge in [-0.05, 0) is 33.8 Å². The van der Waals surface area contributed by atoms with E-state index in [0.29, 0.717) is 13.1 Å². The summed E-state index contributed by atoms with van der Waals surface area (Å²) in [6.45, 7) is 12.8. The first-order valence-corrected chi connectivity index (χ1v) is 8.72. The van der Waals surface area contributed by atoms with Crippen LogP contribution in [0.3, 0.4) is 0 Å². The highest BCUT2D eigenvalue weighted by atomic mass is 16.5. The maximum absolute atomic E-state index is 12.1. The third-order valence-corrected chi connectivity index (χ3v) is 4.84. The van der Waals surface area contributed by atoms with Crippen LogP contribution in [-0.2, 0) is 9.53 Å². The summed E-state index contributed by atoms with van der Waals surface area (Å²) in [5.74, 6) is 0.0239. The molecule has 0 saturated carbocycles. The highest BCUT2D eigenvalue weighted by Crippen LogP contribution is 2.15. The molecule has 1 aliphatic rings. The highest BCUT2D eigenvalue weighted by molar-refractivity contribution is 5.78. The van der Waals surface area contributed by atoms with Crippen molar-refractivity contribution in [2.24, 2.45) is 0 Å². The van der Waals surface area contributed by atoms with Gasteiger partial charge in [-0.3, -0.25) is 14.4 Å². The Labute approximate surface area is 144 Å². The van der Waals surface area contributed by atoms with Crippen molar-refractivity contribution in [2.45, 2.75) is 45.3 Å². The Balaban J connectivity index is 1.70. The van der Waals surface area contributed by atoms with Crippen LogP contribution in [0.25, 0.3) is 0 Å². The number of aromatic nitrogens is 2. The molecular formula is C17H31N5O2. The lowest BCUT2D eigenvalue weighted by Crippen LogP contribution is -2.56. The number of morpholine rings is 1. The Hall–Kier alpha value is -1.44. The van der Waals surface area contributed by atoms with Crippen LogP contribution in [0.2, 0.25) is 0 Å². The van der Waals surface area contributed by atoms with Crippen molar-refractivity contribution in [2.75, 3.05) is 39.4 Å². The number of carbonyl (C=O) groups is 1. The molecule has 0 aliphatic carbocycles. The molecule has 2 atom stereocenters. The third-order valence-electron chi connectivity index (χ3n) is 4.84. The monoisotopic (exact) mass is 337 g/mol. The minimum absolute atomic E-state index is 0.0239. The second kappa shape index (κ2) is 8.60. The summed E-state index contributed by atoms with van der Waals surface area (Å²) in [7, 11) is 0.